The minimum absolute atomic E-state index is 0.144. The van der Waals surface area contributed by atoms with E-state index in [4.69, 9.17) is 9.47 Å². The van der Waals surface area contributed by atoms with E-state index in [9.17, 15) is 37.3 Å². The van der Waals surface area contributed by atoms with Crippen LogP contribution in [-0.2, 0) is 26.9 Å². The summed E-state index contributed by atoms with van der Waals surface area (Å²) in [4.78, 5) is 36.9. The van der Waals surface area contributed by atoms with Crippen LogP contribution in [0.5, 0.6) is 5.75 Å². The molecule has 1 unspecified atom stereocenters. The van der Waals surface area contributed by atoms with E-state index in [1.54, 1.807) is 4.90 Å². The highest BCUT2D eigenvalue weighted by atomic mass is 19.4. The van der Waals surface area contributed by atoms with Crippen LogP contribution in [0.15, 0.2) is 36.4 Å². The van der Waals surface area contributed by atoms with Crippen molar-refractivity contribution in [3.05, 3.63) is 63.5 Å². The zero-order chi connectivity index (χ0) is 31.1. The van der Waals surface area contributed by atoms with Gasteiger partial charge in [-0.25, -0.2) is 4.39 Å². The molecule has 2 aromatic carbocycles. The molecule has 0 aromatic heterocycles. The monoisotopic (exact) mass is 610 g/mol. The molecular formula is C29H34F4N4O6. The van der Waals surface area contributed by atoms with Crippen molar-refractivity contribution in [1.29, 1.82) is 0 Å². The molecule has 2 aliphatic rings. The topological polar surface area (TPSA) is 123 Å². The van der Waals surface area contributed by atoms with Crippen molar-refractivity contribution in [3.8, 4) is 5.75 Å². The molecule has 1 heterocycles. The van der Waals surface area contributed by atoms with Gasteiger partial charge in [0.1, 0.15) is 23.7 Å². The van der Waals surface area contributed by atoms with Crippen LogP contribution in [-0.4, -0.2) is 66.1 Å². The normalized spacial score (nSPS) is 19.7. The smallest absolute Gasteiger partial charge is 0.423 e. The van der Waals surface area contributed by atoms with Crippen LogP contribution >= 0.6 is 0 Å². The van der Waals surface area contributed by atoms with Crippen LogP contribution < -0.4 is 15.4 Å². The number of halogens is 4. The molecule has 1 fully saturated rings. The number of nitrogens with one attached hydrogen (secondary N) is 2. The van der Waals surface area contributed by atoms with Crippen LogP contribution in [0.1, 0.15) is 50.2 Å². The third-order valence-corrected chi connectivity index (χ3v) is 7.48. The molecule has 0 spiro atoms. The molecule has 1 aliphatic carbocycles. The summed E-state index contributed by atoms with van der Waals surface area (Å²) in [5.41, 5.74) is -1.51. The first-order chi connectivity index (χ1) is 20.4. The number of anilines is 1. The first-order valence-corrected chi connectivity index (χ1v) is 14.2. The third kappa shape index (κ3) is 8.55. The van der Waals surface area contributed by atoms with E-state index >= 15 is 0 Å². The van der Waals surface area contributed by atoms with Gasteiger partial charge in [0.25, 0.3) is 11.6 Å². The van der Waals surface area contributed by atoms with Crippen molar-refractivity contribution >= 4 is 23.2 Å². The van der Waals surface area contributed by atoms with Crippen LogP contribution in [0.2, 0.25) is 0 Å². The first kappa shape index (κ1) is 32.0. The average Bonchev–Trinajstić information content (AvgIpc) is 3.38. The molecule has 43 heavy (non-hydrogen) atoms. The van der Waals surface area contributed by atoms with Gasteiger partial charge in [0.2, 0.25) is 5.91 Å². The number of hydrogen-bond acceptors (Lipinski definition) is 7. The number of carbonyl (C=O) groups excluding carboxylic acids is 2. The van der Waals surface area contributed by atoms with Gasteiger partial charge in [0.15, 0.2) is 6.10 Å². The predicted octanol–water partition coefficient (Wildman–Crippen LogP) is 4.85. The second-order valence-corrected chi connectivity index (χ2v) is 10.7. The minimum atomic E-state index is -4.85. The Morgan fingerprint density at radius 3 is 2.53 bits per heavy atom. The molecule has 1 saturated carbocycles. The summed E-state index contributed by atoms with van der Waals surface area (Å²) in [7, 11) is 0. The highest BCUT2D eigenvalue weighted by Gasteiger charge is 2.38. The molecule has 2 aromatic rings. The summed E-state index contributed by atoms with van der Waals surface area (Å²) in [6.45, 7) is 2.73. The van der Waals surface area contributed by atoms with Gasteiger partial charge in [-0.15, -0.1) is 0 Å². The highest BCUT2D eigenvalue weighted by Crippen LogP contribution is 2.38. The Morgan fingerprint density at radius 1 is 1.12 bits per heavy atom. The van der Waals surface area contributed by atoms with Crippen molar-refractivity contribution in [3.63, 3.8) is 0 Å². The van der Waals surface area contributed by atoms with Crippen molar-refractivity contribution in [2.24, 2.45) is 0 Å². The second-order valence-electron chi connectivity index (χ2n) is 10.7. The van der Waals surface area contributed by atoms with E-state index < -0.39 is 28.5 Å². The molecule has 0 saturated heterocycles. The van der Waals surface area contributed by atoms with Crippen LogP contribution in [0.4, 0.5) is 28.9 Å². The number of hydrogen-bond donors (Lipinski definition) is 2. The number of nitro benzene ring substituents is 1. The van der Waals surface area contributed by atoms with E-state index in [2.05, 4.69) is 10.6 Å². The summed E-state index contributed by atoms with van der Waals surface area (Å²) in [6, 6.07) is 6.87. The largest absolute Gasteiger partial charge is 0.480 e. The molecule has 14 heteroatoms. The van der Waals surface area contributed by atoms with E-state index in [0.29, 0.717) is 50.0 Å². The molecule has 10 nitrogen and oxygen atoms in total. The molecule has 4 rings (SSSR count). The van der Waals surface area contributed by atoms with E-state index in [0.717, 1.165) is 12.1 Å². The quantitative estimate of drug-likeness (QED) is 0.200. The van der Waals surface area contributed by atoms with Crippen LogP contribution in [0, 0.1) is 15.9 Å². The van der Waals surface area contributed by atoms with E-state index in [-0.39, 0.29) is 61.6 Å². The summed E-state index contributed by atoms with van der Waals surface area (Å²) < 4.78 is 64.8. The van der Waals surface area contributed by atoms with Gasteiger partial charge in [-0.2, -0.15) is 13.2 Å². The van der Waals surface area contributed by atoms with Gasteiger partial charge in [-0.1, -0.05) is 6.92 Å². The van der Waals surface area contributed by atoms with Crippen molar-refractivity contribution in [1.82, 2.24) is 10.2 Å². The Morgan fingerprint density at radius 2 is 1.86 bits per heavy atom. The number of alkyl halides is 3. The second kappa shape index (κ2) is 14.0. The van der Waals surface area contributed by atoms with Gasteiger partial charge in [0.05, 0.1) is 11.0 Å². The standard InChI is InChI=1S/C29H34F4N4O6/c1-2-12-36(28(39)26-15-18-14-19(30)3-10-25(18)43-26)13-11-34-27(38)17-42-22-7-4-20(5-8-22)35-21-6-9-24(37(40)41)23(16-21)29(31,32)33/h3,6,9-10,14,16,20,22,26,35H,2,4-5,7-8,11-13,15,17H2,1H3,(H,34,38). The molecule has 1 aliphatic heterocycles. The zero-order valence-corrected chi connectivity index (χ0v) is 23.6. The fraction of sp³-hybridized carbons (Fsp3) is 0.517. The maximum absolute atomic E-state index is 13.5. The van der Waals surface area contributed by atoms with Gasteiger partial charge in [-0.05, 0) is 62.4 Å². The van der Waals surface area contributed by atoms with Crippen LogP contribution in [0.3, 0.4) is 0 Å². The predicted molar refractivity (Wildman–Crippen MR) is 148 cm³/mol. The maximum Gasteiger partial charge on any atom is 0.423 e. The lowest BCUT2D eigenvalue weighted by molar-refractivity contribution is -0.388. The number of rotatable bonds is 12. The number of nitro groups is 1. The Balaban J connectivity index is 1.16. The van der Waals surface area contributed by atoms with Crippen LogP contribution in [0.25, 0.3) is 0 Å². The summed E-state index contributed by atoms with van der Waals surface area (Å²) in [5, 5.41) is 16.7. The Labute approximate surface area is 245 Å². The van der Waals surface area contributed by atoms with Gasteiger partial charge < -0.3 is 25.0 Å². The Bertz CT molecular complexity index is 1320. The van der Waals surface area contributed by atoms with Gasteiger partial charge in [-0.3, -0.25) is 19.7 Å². The molecule has 2 amide bonds. The van der Waals surface area contributed by atoms with Crippen molar-refractivity contribution in [2.75, 3.05) is 31.6 Å². The molecule has 234 valence electrons. The maximum atomic E-state index is 13.5. The number of ether oxygens (including phenoxy) is 2. The number of nitrogens with zero attached hydrogens (tertiary/aromatic N) is 2. The molecule has 0 radical (unpaired) electrons. The van der Waals surface area contributed by atoms with Gasteiger partial charge >= 0.3 is 6.18 Å². The molecule has 1 atom stereocenters. The summed E-state index contributed by atoms with van der Waals surface area (Å²) >= 11 is 0. The number of carbonyl (C=O) groups is 2. The fourth-order valence-electron chi connectivity index (χ4n) is 5.36. The summed E-state index contributed by atoms with van der Waals surface area (Å²) in [5.74, 6) is -0.457. The van der Waals surface area contributed by atoms with Crippen molar-refractivity contribution in [2.45, 2.75) is 69.9 Å². The SMILES string of the molecule is CCCN(CCNC(=O)COC1CCC(Nc2ccc([N+](=O)[O-])c(C(F)(F)F)c2)CC1)C(=O)C1Cc2cc(F)ccc2O1. The zero-order valence-electron chi connectivity index (χ0n) is 23.6. The lowest BCUT2D eigenvalue weighted by Gasteiger charge is -2.30. The van der Waals surface area contributed by atoms with Gasteiger partial charge in [0, 0.05) is 49.4 Å². The van der Waals surface area contributed by atoms with Crippen molar-refractivity contribution < 1.29 is 41.5 Å². The minimum Gasteiger partial charge on any atom is -0.480 e. The number of amides is 2. The lowest BCUT2D eigenvalue weighted by Crippen LogP contribution is -2.45. The van der Waals surface area contributed by atoms with E-state index in [1.165, 1.54) is 24.3 Å². The fourth-order valence-corrected chi connectivity index (χ4v) is 5.36. The first-order valence-electron chi connectivity index (χ1n) is 14.2. The molecular weight excluding hydrogens is 576 g/mol. The summed E-state index contributed by atoms with van der Waals surface area (Å²) in [6.07, 6.45) is -2.47. The molecule has 2 N–H and O–H groups in total. The highest BCUT2D eigenvalue weighted by molar-refractivity contribution is 5.83. The molecule has 0 bridgehead atoms. The Kier molecular flexibility index (Phi) is 10.4. The number of fused-ring (bicyclic) bond motifs is 1. The average molecular weight is 611 g/mol. The van der Waals surface area contributed by atoms with E-state index in [1.807, 2.05) is 6.92 Å². The third-order valence-electron chi connectivity index (χ3n) is 7.48. The lowest BCUT2D eigenvalue weighted by atomic mass is 9.92. The number of benzene rings is 2. The Hall–Kier alpha value is -3.94.